The molecule has 2 saturated heterocycles. The van der Waals surface area contributed by atoms with Gasteiger partial charge in [0.15, 0.2) is 0 Å². The Morgan fingerprint density at radius 2 is 1.96 bits per heavy atom. The van der Waals surface area contributed by atoms with Crippen LogP contribution in [-0.2, 0) is 9.53 Å². The number of ether oxygens (including phenoxy) is 1. The van der Waals surface area contributed by atoms with Gasteiger partial charge in [-0.15, -0.1) is 24.8 Å². The first kappa shape index (κ1) is 23.0. The van der Waals surface area contributed by atoms with Gasteiger partial charge in [0.05, 0.1) is 18.1 Å². The Morgan fingerprint density at radius 3 is 2.56 bits per heavy atom. The number of nitrogens with zero attached hydrogens (tertiary/aromatic N) is 1. The van der Waals surface area contributed by atoms with Crippen LogP contribution in [0.4, 0.5) is 0 Å². The molecule has 148 valence electrons. The number of carbonyl (C=O) groups excluding carboxylic acids is 1. The second-order valence-corrected chi connectivity index (χ2v) is 8.22. The molecule has 25 heavy (non-hydrogen) atoms. The monoisotopic (exact) mass is 395 g/mol. The molecular weight excluding hydrogens is 361 g/mol. The Bertz CT molecular complexity index is 423. The molecule has 3 fully saturated rings. The summed E-state index contributed by atoms with van der Waals surface area (Å²) in [5.41, 5.74) is 0.0586. The highest BCUT2D eigenvalue weighted by Crippen LogP contribution is 2.36. The summed E-state index contributed by atoms with van der Waals surface area (Å²) in [5, 5.41) is 6.59. The lowest BCUT2D eigenvalue weighted by Crippen LogP contribution is -2.63. The van der Waals surface area contributed by atoms with Gasteiger partial charge >= 0.3 is 0 Å². The fourth-order valence-electron chi connectivity index (χ4n) is 4.51. The van der Waals surface area contributed by atoms with E-state index in [-0.39, 0.29) is 47.8 Å². The first-order valence-electron chi connectivity index (χ1n) is 9.38. The summed E-state index contributed by atoms with van der Waals surface area (Å²) in [6, 6.07) is 0. The van der Waals surface area contributed by atoms with Crippen molar-refractivity contribution in [2.24, 2.45) is 5.92 Å². The Balaban J connectivity index is 0.00000156. The van der Waals surface area contributed by atoms with Crippen molar-refractivity contribution in [3.63, 3.8) is 0 Å². The summed E-state index contributed by atoms with van der Waals surface area (Å²) in [5.74, 6) is 0.407. The van der Waals surface area contributed by atoms with Crippen LogP contribution in [0.2, 0.25) is 0 Å². The first-order valence-corrected chi connectivity index (χ1v) is 9.38. The molecule has 3 rings (SSSR count). The predicted molar refractivity (Wildman–Crippen MR) is 106 cm³/mol. The van der Waals surface area contributed by atoms with Crippen molar-refractivity contribution in [3.8, 4) is 0 Å². The molecule has 2 aliphatic heterocycles. The molecule has 2 heterocycles. The van der Waals surface area contributed by atoms with Gasteiger partial charge in [0.1, 0.15) is 0 Å². The van der Waals surface area contributed by atoms with E-state index in [4.69, 9.17) is 4.74 Å². The van der Waals surface area contributed by atoms with Gasteiger partial charge < -0.3 is 15.4 Å². The highest BCUT2D eigenvalue weighted by molar-refractivity contribution is 5.85. The molecule has 1 amide bonds. The minimum absolute atomic E-state index is 0. The molecule has 1 atom stereocenters. The second-order valence-electron chi connectivity index (χ2n) is 8.22. The predicted octanol–water partition coefficient (Wildman–Crippen LogP) is 2.37. The molecule has 0 spiro atoms. The lowest BCUT2D eigenvalue weighted by molar-refractivity contribution is -0.131. The zero-order chi connectivity index (χ0) is 16.3. The van der Waals surface area contributed by atoms with Crippen molar-refractivity contribution in [1.29, 1.82) is 0 Å². The Hall–Kier alpha value is -0.0700. The number of amides is 1. The highest BCUT2D eigenvalue weighted by Gasteiger charge is 2.42. The van der Waals surface area contributed by atoms with E-state index in [1.165, 1.54) is 32.1 Å². The van der Waals surface area contributed by atoms with Gasteiger partial charge in [-0.25, -0.2) is 0 Å². The molecule has 7 heteroatoms. The highest BCUT2D eigenvalue weighted by atomic mass is 35.5. The van der Waals surface area contributed by atoms with E-state index in [1.54, 1.807) is 0 Å². The molecule has 0 aromatic carbocycles. The van der Waals surface area contributed by atoms with Crippen LogP contribution in [0, 0.1) is 5.92 Å². The van der Waals surface area contributed by atoms with Crippen LogP contribution in [0.5, 0.6) is 0 Å². The minimum atomic E-state index is -0.0813. The molecule has 0 radical (unpaired) electrons. The van der Waals surface area contributed by atoms with Crippen molar-refractivity contribution >= 4 is 30.7 Å². The van der Waals surface area contributed by atoms with Crippen molar-refractivity contribution < 1.29 is 9.53 Å². The summed E-state index contributed by atoms with van der Waals surface area (Å²) in [6.45, 7) is 9.73. The van der Waals surface area contributed by atoms with Crippen molar-refractivity contribution in [3.05, 3.63) is 0 Å². The molecule has 3 aliphatic rings. The first-order chi connectivity index (χ1) is 11.0. The van der Waals surface area contributed by atoms with E-state index < -0.39 is 0 Å². The normalized spacial score (nSPS) is 28.5. The largest absolute Gasteiger partial charge is 0.373 e. The number of rotatable bonds is 4. The second kappa shape index (κ2) is 9.75. The third-order valence-electron chi connectivity index (χ3n) is 5.90. The lowest BCUT2D eigenvalue weighted by atomic mass is 9.79. The number of hydrogen-bond donors (Lipinski definition) is 2. The van der Waals surface area contributed by atoms with Gasteiger partial charge in [-0.05, 0) is 39.7 Å². The molecule has 0 aromatic heterocycles. The molecule has 0 bridgehead atoms. The summed E-state index contributed by atoms with van der Waals surface area (Å²) in [7, 11) is 0. The van der Waals surface area contributed by atoms with Crippen LogP contribution >= 0.6 is 24.8 Å². The Labute approximate surface area is 164 Å². The minimum Gasteiger partial charge on any atom is -0.373 e. The van der Waals surface area contributed by atoms with Gasteiger partial charge in [-0.1, -0.05) is 19.3 Å². The Morgan fingerprint density at radius 1 is 1.24 bits per heavy atom. The topological polar surface area (TPSA) is 53.6 Å². The maximum atomic E-state index is 12.4. The van der Waals surface area contributed by atoms with Gasteiger partial charge in [0, 0.05) is 31.7 Å². The van der Waals surface area contributed by atoms with Crippen molar-refractivity contribution in [1.82, 2.24) is 15.5 Å². The van der Waals surface area contributed by atoms with Crippen LogP contribution in [0.15, 0.2) is 0 Å². The molecule has 1 aliphatic carbocycles. The fourth-order valence-corrected chi connectivity index (χ4v) is 4.51. The Kier molecular flexibility index (Phi) is 8.95. The lowest BCUT2D eigenvalue weighted by Gasteiger charge is -2.51. The van der Waals surface area contributed by atoms with Crippen molar-refractivity contribution in [2.45, 2.75) is 63.5 Å². The molecule has 5 nitrogen and oxygen atoms in total. The maximum absolute atomic E-state index is 12.4. The number of hydrogen-bond acceptors (Lipinski definition) is 4. The van der Waals surface area contributed by atoms with Crippen LogP contribution < -0.4 is 10.6 Å². The average Bonchev–Trinajstić information content (AvgIpc) is 3.07. The van der Waals surface area contributed by atoms with E-state index in [1.807, 2.05) is 0 Å². The molecule has 2 N–H and O–H groups in total. The third-order valence-corrected chi connectivity index (χ3v) is 5.90. The quantitative estimate of drug-likeness (QED) is 0.766. The number of carbonyl (C=O) groups is 1. The fraction of sp³-hybridized carbons (Fsp3) is 0.944. The SMILES string of the molecule is CC1(C)CN(C2(CNC(=O)C3CCNC3)CCCCC2)CCO1.Cl.Cl. The van der Waals surface area contributed by atoms with Crippen LogP contribution in [0.3, 0.4) is 0 Å². The smallest absolute Gasteiger partial charge is 0.224 e. The number of morpholine rings is 1. The van der Waals surface area contributed by atoms with E-state index in [2.05, 4.69) is 29.4 Å². The molecule has 1 saturated carbocycles. The van der Waals surface area contributed by atoms with Crippen LogP contribution in [0.25, 0.3) is 0 Å². The van der Waals surface area contributed by atoms with E-state index in [9.17, 15) is 4.79 Å². The van der Waals surface area contributed by atoms with Gasteiger partial charge in [-0.2, -0.15) is 0 Å². The van der Waals surface area contributed by atoms with Crippen LogP contribution in [0.1, 0.15) is 52.4 Å². The maximum Gasteiger partial charge on any atom is 0.224 e. The summed E-state index contributed by atoms with van der Waals surface area (Å²) >= 11 is 0. The molecule has 0 aromatic rings. The standard InChI is InChI=1S/C18H33N3O2.2ClH/c1-17(2)14-21(10-11-23-17)18(7-4-3-5-8-18)13-20-16(22)15-6-9-19-12-15;;/h15,19H,3-14H2,1-2H3,(H,20,22);2*1H. The summed E-state index contributed by atoms with van der Waals surface area (Å²) in [6.07, 6.45) is 7.26. The third kappa shape index (κ3) is 5.70. The summed E-state index contributed by atoms with van der Waals surface area (Å²) in [4.78, 5) is 15.1. The van der Waals surface area contributed by atoms with Gasteiger partial charge in [0.2, 0.25) is 5.91 Å². The van der Waals surface area contributed by atoms with E-state index in [0.717, 1.165) is 45.8 Å². The summed E-state index contributed by atoms with van der Waals surface area (Å²) < 4.78 is 5.90. The number of halogens is 2. The zero-order valence-electron chi connectivity index (χ0n) is 15.6. The van der Waals surface area contributed by atoms with E-state index >= 15 is 0 Å². The van der Waals surface area contributed by atoms with E-state index in [0.29, 0.717) is 0 Å². The molecule has 1 unspecified atom stereocenters. The average molecular weight is 396 g/mol. The van der Waals surface area contributed by atoms with Crippen LogP contribution in [-0.4, -0.2) is 61.3 Å². The number of nitrogens with one attached hydrogen (secondary N) is 2. The van der Waals surface area contributed by atoms with Crippen molar-refractivity contribution in [2.75, 3.05) is 39.3 Å². The van der Waals surface area contributed by atoms with Gasteiger partial charge in [0.25, 0.3) is 0 Å². The molecular formula is C18H35Cl2N3O2. The zero-order valence-corrected chi connectivity index (χ0v) is 17.3. The van der Waals surface area contributed by atoms with Gasteiger partial charge in [-0.3, -0.25) is 9.69 Å².